The van der Waals surface area contributed by atoms with E-state index in [1.807, 2.05) is 22.7 Å². The summed E-state index contributed by atoms with van der Waals surface area (Å²) >= 11 is 0. The highest BCUT2D eigenvalue weighted by Gasteiger charge is 2.17. The number of methoxy groups -OCH3 is 1. The van der Waals surface area contributed by atoms with Crippen molar-refractivity contribution >= 4 is 5.65 Å². The van der Waals surface area contributed by atoms with E-state index in [1.54, 1.807) is 7.11 Å². The third-order valence-corrected chi connectivity index (χ3v) is 2.74. The Balaban J connectivity index is 2.31. The van der Waals surface area contributed by atoms with Gasteiger partial charge in [-0.05, 0) is 12.1 Å². The number of fused-ring (bicyclic) bond motifs is 3. The summed E-state index contributed by atoms with van der Waals surface area (Å²) in [7, 11) is 1.67. The Morgan fingerprint density at radius 1 is 1.53 bits per heavy atom. The van der Waals surface area contributed by atoms with E-state index in [9.17, 15) is 0 Å². The first kappa shape index (κ1) is 8.73. The average molecular weight is 204 g/mol. The minimum Gasteiger partial charge on any atom is -0.493 e. The topological polar surface area (TPSA) is 35.8 Å². The molecule has 78 valence electrons. The molecule has 0 saturated carbocycles. The lowest BCUT2D eigenvalue weighted by Gasteiger charge is -2.11. The van der Waals surface area contributed by atoms with Gasteiger partial charge in [-0.25, -0.2) is 4.98 Å². The summed E-state index contributed by atoms with van der Waals surface area (Å²) in [5.74, 6) is 0.812. The van der Waals surface area contributed by atoms with E-state index in [2.05, 4.69) is 4.98 Å². The zero-order valence-electron chi connectivity index (χ0n) is 8.56. The van der Waals surface area contributed by atoms with E-state index in [0.29, 0.717) is 6.61 Å². The van der Waals surface area contributed by atoms with Crippen LogP contribution < -0.4 is 4.74 Å². The lowest BCUT2D eigenvalue weighted by Crippen LogP contribution is -2.10. The van der Waals surface area contributed by atoms with Gasteiger partial charge < -0.3 is 9.47 Å². The predicted molar refractivity (Wildman–Crippen MR) is 55.1 cm³/mol. The molecule has 3 heterocycles. The smallest absolute Gasteiger partial charge is 0.180 e. The maximum Gasteiger partial charge on any atom is 0.180 e. The Morgan fingerprint density at radius 3 is 3.33 bits per heavy atom. The molecule has 0 N–H and O–H groups in total. The van der Waals surface area contributed by atoms with Crippen LogP contribution in [0.1, 0.15) is 11.4 Å². The van der Waals surface area contributed by atoms with Gasteiger partial charge in [0.05, 0.1) is 31.7 Å². The number of pyridine rings is 1. The molecule has 0 atom stereocenters. The molecule has 0 spiro atoms. The predicted octanol–water partition coefficient (Wildman–Crippen LogP) is 1.42. The molecule has 1 aliphatic heterocycles. The van der Waals surface area contributed by atoms with E-state index in [1.165, 1.54) is 0 Å². The number of aromatic nitrogens is 2. The zero-order valence-corrected chi connectivity index (χ0v) is 8.56. The van der Waals surface area contributed by atoms with Crippen LogP contribution in [0.2, 0.25) is 0 Å². The second-order valence-corrected chi connectivity index (χ2v) is 3.58. The molecular formula is C11H12N2O2. The van der Waals surface area contributed by atoms with Crippen LogP contribution in [0.5, 0.6) is 5.75 Å². The second-order valence-electron chi connectivity index (χ2n) is 3.58. The van der Waals surface area contributed by atoms with Crippen LogP contribution in [-0.2, 0) is 17.8 Å². The molecule has 3 rings (SSSR count). The molecule has 4 heteroatoms. The van der Waals surface area contributed by atoms with Crippen LogP contribution >= 0.6 is 0 Å². The Morgan fingerprint density at radius 2 is 2.47 bits per heavy atom. The highest BCUT2D eigenvalue weighted by Crippen LogP contribution is 2.24. The SMILES string of the molecule is COc1cccn2c3c(nc12)CCOC3. The zero-order chi connectivity index (χ0) is 10.3. The summed E-state index contributed by atoms with van der Waals surface area (Å²) in [6, 6.07) is 3.89. The summed E-state index contributed by atoms with van der Waals surface area (Å²) in [6.45, 7) is 1.41. The normalized spacial score (nSPS) is 15.3. The molecule has 1 aliphatic rings. The molecule has 15 heavy (non-hydrogen) atoms. The summed E-state index contributed by atoms with van der Waals surface area (Å²) < 4.78 is 12.8. The van der Waals surface area contributed by atoms with Crippen molar-refractivity contribution in [3.8, 4) is 5.75 Å². The van der Waals surface area contributed by atoms with E-state index >= 15 is 0 Å². The molecule has 0 unspecified atom stereocenters. The third kappa shape index (κ3) is 1.22. The Kier molecular flexibility index (Phi) is 1.89. The van der Waals surface area contributed by atoms with Crippen molar-refractivity contribution in [2.75, 3.05) is 13.7 Å². The summed E-state index contributed by atoms with van der Waals surface area (Å²) in [6.07, 6.45) is 2.89. The van der Waals surface area contributed by atoms with E-state index < -0.39 is 0 Å². The highest BCUT2D eigenvalue weighted by atomic mass is 16.5. The Hall–Kier alpha value is -1.55. The quantitative estimate of drug-likeness (QED) is 0.704. The van der Waals surface area contributed by atoms with Crippen molar-refractivity contribution in [1.29, 1.82) is 0 Å². The minimum atomic E-state index is 0.643. The highest BCUT2D eigenvalue weighted by molar-refractivity contribution is 5.56. The van der Waals surface area contributed by atoms with E-state index in [0.717, 1.165) is 35.8 Å². The molecule has 0 aromatic carbocycles. The maximum atomic E-state index is 5.43. The van der Waals surface area contributed by atoms with Crippen LogP contribution in [0.25, 0.3) is 5.65 Å². The monoisotopic (exact) mass is 204 g/mol. The van der Waals surface area contributed by atoms with Crippen molar-refractivity contribution in [3.05, 3.63) is 29.7 Å². The van der Waals surface area contributed by atoms with Gasteiger partial charge in [-0.1, -0.05) is 0 Å². The number of ether oxygens (including phenoxy) is 2. The van der Waals surface area contributed by atoms with Crippen molar-refractivity contribution < 1.29 is 9.47 Å². The average Bonchev–Trinajstić information content (AvgIpc) is 2.67. The minimum absolute atomic E-state index is 0.643. The summed E-state index contributed by atoms with van der Waals surface area (Å²) in [5.41, 5.74) is 3.16. The first-order valence-electron chi connectivity index (χ1n) is 5.00. The van der Waals surface area contributed by atoms with E-state index in [-0.39, 0.29) is 0 Å². The molecule has 0 radical (unpaired) electrons. The van der Waals surface area contributed by atoms with Crippen molar-refractivity contribution in [3.63, 3.8) is 0 Å². The molecule has 0 bridgehead atoms. The molecule has 0 fully saturated rings. The lowest BCUT2D eigenvalue weighted by molar-refractivity contribution is 0.106. The van der Waals surface area contributed by atoms with Gasteiger partial charge in [-0.2, -0.15) is 0 Å². The van der Waals surface area contributed by atoms with Crippen LogP contribution in [0, 0.1) is 0 Å². The van der Waals surface area contributed by atoms with Gasteiger partial charge in [0.15, 0.2) is 11.4 Å². The third-order valence-electron chi connectivity index (χ3n) is 2.74. The van der Waals surface area contributed by atoms with Gasteiger partial charge in [0.25, 0.3) is 0 Å². The van der Waals surface area contributed by atoms with Gasteiger partial charge in [0, 0.05) is 12.6 Å². The molecule has 0 saturated heterocycles. The number of rotatable bonds is 1. The molecule has 2 aromatic heterocycles. The van der Waals surface area contributed by atoms with Crippen LogP contribution in [0.3, 0.4) is 0 Å². The number of nitrogens with zero attached hydrogens (tertiary/aromatic N) is 2. The Labute approximate surface area is 87.5 Å². The molecule has 4 nitrogen and oxygen atoms in total. The summed E-state index contributed by atoms with van der Waals surface area (Å²) in [5, 5.41) is 0. The van der Waals surface area contributed by atoms with Crippen LogP contribution in [-0.4, -0.2) is 23.1 Å². The lowest BCUT2D eigenvalue weighted by atomic mass is 10.2. The van der Waals surface area contributed by atoms with Gasteiger partial charge in [0.2, 0.25) is 0 Å². The maximum absolute atomic E-state index is 5.43. The van der Waals surface area contributed by atoms with Crippen molar-refractivity contribution in [2.45, 2.75) is 13.0 Å². The van der Waals surface area contributed by atoms with Gasteiger partial charge in [-0.3, -0.25) is 4.40 Å². The van der Waals surface area contributed by atoms with Crippen LogP contribution in [0.4, 0.5) is 0 Å². The molecule has 0 amide bonds. The fraction of sp³-hybridized carbons (Fsp3) is 0.364. The standard InChI is InChI=1S/C11H12N2O2/c1-14-10-3-2-5-13-9-7-15-6-4-8(9)12-11(10)13/h2-3,5H,4,6-7H2,1H3. The molecule has 2 aromatic rings. The number of hydrogen-bond donors (Lipinski definition) is 0. The fourth-order valence-corrected chi connectivity index (χ4v) is 1.99. The van der Waals surface area contributed by atoms with Gasteiger partial charge in [-0.15, -0.1) is 0 Å². The molecule has 0 aliphatic carbocycles. The second kappa shape index (κ2) is 3.24. The first-order valence-corrected chi connectivity index (χ1v) is 5.00. The largest absolute Gasteiger partial charge is 0.493 e. The first-order chi connectivity index (χ1) is 7.40. The molecular weight excluding hydrogens is 192 g/mol. The van der Waals surface area contributed by atoms with Gasteiger partial charge >= 0.3 is 0 Å². The Bertz CT molecular complexity index is 505. The van der Waals surface area contributed by atoms with Crippen molar-refractivity contribution in [2.24, 2.45) is 0 Å². The van der Waals surface area contributed by atoms with Gasteiger partial charge in [0.1, 0.15) is 0 Å². The van der Waals surface area contributed by atoms with Crippen LogP contribution in [0.15, 0.2) is 18.3 Å². The van der Waals surface area contributed by atoms with Crippen molar-refractivity contribution in [1.82, 2.24) is 9.38 Å². The fourth-order valence-electron chi connectivity index (χ4n) is 1.99. The number of hydrogen-bond acceptors (Lipinski definition) is 3. The number of imidazole rings is 1. The summed E-state index contributed by atoms with van der Waals surface area (Å²) in [4.78, 5) is 4.58. The van der Waals surface area contributed by atoms with E-state index in [4.69, 9.17) is 9.47 Å².